The number of pyridine rings is 1. The number of hydrogen-bond donors (Lipinski definition) is 1. The second-order valence-electron chi connectivity index (χ2n) is 2.57. The summed E-state index contributed by atoms with van der Waals surface area (Å²) in [6.45, 7) is 0. The summed E-state index contributed by atoms with van der Waals surface area (Å²) in [7, 11) is 0. The average Bonchev–Trinajstić information content (AvgIpc) is 2.70. The van der Waals surface area contributed by atoms with Gasteiger partial charge in [0.2, 0.25) is 0 Å². The Bertz CT molecular complexity index is 452. The lowest BCUT2D eigenvalue weighted by atomic mass is 10.2. The predicted octanol–water partition coefficient (Wildman–Crippen LogP) is 0.360. The molecule has 6 nitrogen and oxygen atoms in total. The maximum Gasteiger partial charge on any atom is 0.339 e. The molecule has 2 aromatic rings. The van der Waals surface area contributed by atoms with E-state index >= 15 is 0 Å². The maximum absolute atomic E-state index is 10.8. The van der Waals surface area contributed by atoms with E-state index in [4.69, 9.17) is 5.11 Å². The molecule has 0 saturated heterocycles. The van der Waals surface area contributed by atoms with Crippen molar-refractivity contribution < 1.29 is 9.90 Å². The van der Waals surface area contributed by atoms with Gasteiger partial charge in [-0.2, -0.15) is 0 Å². The Hall–Kier alpha value is -2.24. The van der Waals surface area contributed by atoms with Crippen molar-refractivity contribution in [3.8, 4) is 5.69 Å². The van der Waals surface area contributed by atoms with Gasteiger partial charge in [0.25, 0.3) is 0 Å². The van der Waals surface area contributed by atoms with Crippen molar-refractivity contribution in [1.29, 1.82) is 0 Å². The van der Waals surface area contributed by atoms with Crippen molar-refractivity contribution >= 4 is 5.97 Å². The van der Waals surface area contributed by atoms with Crippen molar-refractivity contribution in [1.82, 2.24) is 19.7 Å². The van der Waals surface area contributed by atoms with E-state index in [9.17, 15) is 4.79 Å². The molecule has 1 N–H and O–H groups in total. The van der Waals surface area contributed by atoms with Crippen molar-refractivity contribution in [2.45, 2.75) is 0 Å². The molecular weight excluding hydrogens is 184 g/mol. The smallest absolute Gasteiger partial charge is 0.339 e. The minimum atomic E-state index is -1.03. The minimum Gasteiger partial charge on any atom is -0.478 e. The quantitative estimate of drug-likeness (QED) is 0.739. The highest BCUT2D eigenvalue weighted by Gasteiger charge is 2.10. The summed E-state index contributed by atoms with van der Waals surface area (Å²) < 4.78 is 1.52. The maximum atomic E-state index is 10.8. The summed E-state index contributed by atoms with van der Waals surface area (Å²) >= 11 is 0. The molecule has 0 bridgehead atoms. The van der Waals surface area contributed by atoms with Crippen molar-refractivity contribution in [2.75, 3.05) is 0 Å². The molecule has 14 heavy (non-hydrogen) atoms. The molecule has 0 radical (unpaired) electrons. The fourth-order valence-corrected chi connectivity index (χ4v) is 1.10. The number of carboxylic acid groups (broad SMARTS) is 1. The van der Waals surface area contributed by atoms with E-state index < -0.39 is 5.97 Å². The molecule has 0 aliphatic carbocycles. The molecule has 6 heteroatoms. The summed E-state index contributed by atoms with van der Waals surface area (Å²) in [5, 5.41) is 16.1. The van der Waals surface area contributed by atoms with Crippen LogP contribution in [0.15, 0.2) is 31.1 Å². The Balaban J connectivity index is 2.58. The lowest BCUT2D eigenvalue weighted by Crippen LogP contribution is -2.04. The molecule has 0 amide bonds. The Morgan fingerprint density at radius 1 is 1.36 bits per heavy atom. The van der Waals surface area contributed by atoms with Gasteiger partial charge in [-0.15, -0.1) is 10.2 Å². The van der Waals surface area contributed by atoms with E-state index in [0.29, 0.717) is 5.69 Å². The van der Waals surface area contributed by atoms with E-state index in [0.717, 1.165) is 0 Å². The molecule has 0 aromatic carbocycles. The number of hydrogen-bond acceptors (Lipinski definition) is 4. The van der Waals surface area contributed by atoms with Crippen LogP contribution in [-0.2, 0) is 0 Å². The number of aromatic carboxylic acids is 1. The zero-order chi connectivity index (χ0) is 9.97. The van der Waals surface area contributed by atoms with Gasteiger partial charge in [-0.05, 0) is 6.07 Å². The molecule has 0 unspecified atom stereocenters. The fourth-order valence-electron chi connectivity index (χ4n) is 1.10. The van der Waals surface area contributed by atoms with E-state index in [1.54, 1.807) is 6.07 Å². The van der Waals surface area contributed by atoms with Crippen LogP contribution in [-0.4, -0.2) is 30.8 Å². The standard InChI is InChI=1S/C8H6N4O2/c13-8(14)6-3-9-2-1-7(6)12-4-10-11-5-12/h1-5H,(H,13,14). The number of aromatic nitrogens is 4. The second kappa shape index (κ2) is 3.25. The highest BCUT2D eigenvalue weighted by molar-refractivity contribution is 5.91. The molecule has 0 spiro atoms. The third-order valence-corrected chi connectivity index (χ3v) is 1.73. The average molecular weight is 190 g/mol. The summed E-state index contributed by atoms with van der Waals surface area (Å²) in [4.78, 5) is 14.6. The monoisotopic (exact) mass is 190 g/mol. The van der Waals surface area contributed by atoms with Gasteiger partial charge in [-0.25, -0.2) is 4.79 Å². The molecule has 70 valence electrons. The summed E-state index contributed by atoms with van der Waals surface area (Å²) in [6.07, 6.45) is 5.67. The third-order valence-electron chi connectivity index (χ3n) is 1.73. The molecule has 0 saturated carbocycles. The van der Waals surface area contributed by atoms with Gasteiger partial charge < -0.3 is 5.11 Å². The largest absolute Gasteiger partial charge is 0.478 e. The van der Waals surface area contributed by atoms with Crippen LogP contribution in [0.2, 0.25) is 0 Å². The first-order valence-corrected chi connectivity index (χ1v) is 3.81. The molecule has 2 heterocycles. The zero-order valence-electron chi connectivity index (χ0n) is 7.03. The van der Waals surface area contributed by atoms with Gasteiger partial charge in [0.05, 0.1) is 5.69 Å². The lowest BCUT2D eigenvalue weighted by Gasteiger charge is -2.03. The van der Waals surface area contributed by atoms with Gasteiger partial charge in [0.1, 0.15) is 18.2 Å². The van der Waals surface area contributed by atoms with Crippen molar-refractivity contribution in [3.63, 3.8) is 0 Å². The van der Waals surface area contributed by atoms with E-state index in [-0.39, 0.29) is 5.56 Å². The van der Waals surface area contributed by atoms with Crippen LogP contribution >= 0.6 is 0 Å². The zero-order valence-corrected chi connectivity index (χ0v) is 7.03. The molecule has 2 aromatic heterocycles. The molecule has 0 atom stereocenters. The highest BCUT2D eigenvalue weighted by Crippen LogP contribution is 2.11. The molecule has 0 fully saturated rings. The molecule has 0 aliphatic rings. The second-order valence-corrected chi connectivity index (χ2v) is 2.57. The topological polar surface area (TPSA) is 80.9 Å². The van der Waals surface area contributed by atoms with Crippen molar-refractivity contribution in [2.24, 2.45) is 0 Å². The first-order valence-electron chi connectivity index (χ1n) is 3.81. The van der Waals surface area contributed by atoms with Crippen LogP contribution in [0.4, 0.5) is 0 Å². The number of rotatable bonds is 2. The normalized spacial score (nSPS) is 10.0. The lowest BCUT2D eigenvalue weighted by molar-refractivity contribution is 0.0696. The van der Waals surface area contributed by atoms with Crippen LogP contribution in [0.25, 0.3) is 5.69 Å². The van der Waals surface area contributed by atoms with Crippen molar-refractivity contribution in [3.05, 3.63) is 36.7 Å². The summed E-state index contributed by atoms with van der Waals surface area (Å²) in [5.41, 5.74) is 0.616. The number of carboxylic acids is 1. The Morgan fingerprint density at radius 2 is 2.07 bits per heavy atom. The van der Waals surface area contributed by atoms with Gasteiger partial charge in [0, 0.05) is 12.4 Å². The first kappa shape index (κ1) is 8.36. The number of carbonyl (C=O) groups is 1. The van der Waals surface area contributed by atoms with Crippen LogP contribution in [0.5, 0.6) is 0 Å². The van der Waals surface area contributed by atoms with Gasteiger partial charge in [0.15, 0.2) is 0 Å². The minimum absolute atomic E-state index is 0.118. The van der Waals surface area contributed by atoms with Crippen LogP contribution in [0.3, 0.4) is 0 Å². The van der Waals surface area contributed by atoms with Crippen LogP contribution in [0.1, 0.15) is 10.4 Å². The molecular formula is C8H6N4O2. The summed E-state index contributed by atoms with van der Waals surface area (Å²) in [6, 6.07) is 1.59. The SMILES string of the molecule is O=C(O)c1cnccc1-n1cnnc1. The van der Waals surface area contributed by atoms with Gasteiger partial charge in [-0.3, -0.25) is 9.55 Å². The number of nitrogens with zero attached hydrogens (tertiary/aromatic N) is 4. The van der Waals surface area contributed by atoms with E-state index in [2.05, 4.69) is 15.2 Å². The third kappa shape index (κ3) is 1.33. The molecule has 2 rings (SSSR count). The van der Waals surface area contributed by atoms with E-state index in [1.165, 1.54) is 29.6 Å². The van der Waals surface area contributed by atoms with Crippen LogP contribution < -0.4 is 0 Å². The van der Waals surface area contributed by atoms with Crippen LogP contribution in [0, 0.1) is 0 Å². The Kier molecular flexibility index (Phi) is 1.94. The van der Waals surface area contributed by atoms with Gasteiger partial charge >= 0.3 is 5.97 Å². The molecule has 0 aliphatic heterocycles. The van der Waals surface area contributed by atoms with E-state index in [1.807, 2.05) is 0 Å². The summed E-state index contributed by atoms with van der Waals surface area (Å²) in [5.74, 6) is -1.03. The predicted molar refractivity (Wildman–Crippen MR) is 46.1 cm³/mol. The first-order chi connectivity index (χ1) is 6.79. The Morgan fingerprint density at radius 3 is 2.71 bits per heavy atom. The fraction of sp³-hybridized carbons (Fsp3) is 0. The Labute approximate surface area is 78.9 Å². The van der Waals surface area contributed by atoms with Gasteiger partial charge in [-0.1, -0.05) is 0 Å². The highest BCUT2D eigenvalue weighted by atomic mass is 16.4.